The fourth-order valence-electron chi connectivity index (χ4n) is 1.35. The van der Waals surface area contributed by atoms with Crippen molar-refractivity contribution in [3.63, 3.8) is 0 Å². The van der Waals surface area contributed by atoms with Crippen LogP contribution >= 0.6 is 0 Å². The van der Waals surface area contributed by atoms with Gasteiger partial charge in [0.2, 0.25) is 10.0 Å². The van der Waals surface area contributed by atoms with Crippen LogP contribution in [0.1, 0.15) is 6.92 Å². The van der Waals surface area contributed by atoms with Crippen LogP contribution in [0, 0.1) is 17.2 Å². The molecule has 0 bridgehead atoms. The lowest BCUT2D eigenvalue weighted by Crippen LogP contribution is -2.33. The van der Waals surface area contributed by atoms with Crippen LogP contribution < -0.4 is 5.73 Å². The highest BCUT2D eigenvalue weighted by Gasteiger charge is 2.33. The molecule has 0 saturated carbocycles. The Balaban J connectivity index is 2.72. The van der Waals surface area contributed by atoms with Crippen molar-refractivity contribution in [3.8, 4) is 6.07 Å². The SMILES string of the molecule is CC1CN(S(=O)(=O)CC#N)CC1N. The van der Waals surface area contributed by atoms with Gasteiger partial charge >= 0.3 is 0 Å². The molecule has 2 atom stereocenters. The third-order valence-electron chi connectivity index (χ3n) is 2.28. The molecule has 13 heavy (non-hydrogen) atoms. The van der Waals surface area contributed by atoms with E-state index in [2.05, 4.69) is 0 Å². The highest BCUT2D eigenvalue weighted by atomic mass is 32.2. The molecular formula is C7H13N3O2S. The Morgan fingerprint density at radius 2 is 2.23 bits per heavy atom. The molecule has 1 rings (SSSR count). The second kappa shape index (κ2) is 3.62. The van der Waals surface area contributed by atoms with Crippen LogP contribution in [-0.2, 0) is 10.0 Å². The third kappa shape index (κ3) is 2.18. The van der Waals surface area contributed by atoms with Crippen LogP contribution in [0.4, 0.5) is 0 Å². The molecule has 0 spiro atoms. The van der Waals surface area contributed by atoms with E-state index in [9.17, 15) is 8.42 Å². The molecule has 1 heterocycles. The minimum Gasteiger partial charge on any atom is -0.326 e. The first kappa shape index (κ1) is 10.4. The predicted octanol–water partition coefficient (Wildman–Crippen LogP) is -0.881. The fraction of sp³-hybridized carbons (Fsp3) is 0.857. The van der Waals surface area contributed by atoms with E-state index in [1.807, 2.05) is 6.92 Å². The monoisotopic (exact) mass is 203 g/mol. The quantitative estimate of drug-likeness (QED) is 0.631. The zero-order valence-electron chi connectivity index (χ0n) is 7.47. The molecule has 1 fully saturated rings. The van der Waals surface area contributed by atoms with Gasteiger partial charge in [-0.15, -0.1) is 0 Å². The van der Waals surface area contributed by atoms with Gasteiger partial charge in [0.15, 0.2) is 5.75 Å². The normalized spacial score (nSPS) is 30.2. The molecule has 5 nitrogen and oxygen atoms in total. The molecular weight excluding hydrogens is 190 g/mol. The Morgan fingerprint density at radius 1 is 1.62 bits per heavy atom. The van der Waals surface area contributed by atoms with Gasteiger partial charge in [-0.2, -0.15) is 9.57 Å². The summed E-state index contributed by atoms with van der Waals surface area (Å²) in [5.74, 6) is -0.277. The molecule has 74 valence electrons. The largest absolute Gasteiger partial charge is 0.326 e. The molecule has 1 aliphatic heterocycles. The van der Waals surface area contributed by atoms with Crippen LogP contribution in [0.3, 0.4) is 0 Å². The van der Waals surface area contributed by atoms with E-state index in [-0.39, 0.29) is 12.0 Å². The second-order valence-electron chi connectivity index (χ2n) is 3.37. The molecule has 0 aromatic rings. The maximum absolute atomic E-state index is 11.4. The molecule has 0 amide bonds. The third-order valence-corrected chi connectivity index (χ3v) is 3.86. The van der Waals surface area contributed by atoms with Gasteiger partial charge in [0, 0.05) is 19.1 Å². The first-order valence-electron chi connectivity index (χ1n) is 4.07. The Hall–Kier alpha value is -0.640. The van der Waals surface area contributed by atoms with Crippen LogP contribution in [0.15, 0.2) is 0 Å². The van der Waals surface area contributed by atoms with Crippen LogP contribution in [0.2, 0.25) is 0 Å². The lowest BCUT2D eigenvalue weighted by molar-refractivity contribution is 0.467. The zero-order valence-corrected chi connectivity index (χ0v) is 8.29. The maximum Gasteiger partial charge on any atom is 0.227 e. The number of sulfonamides is 1. The highest BCUT2D eigenvalue weighted by Crippen LogP contribution is 2.17. The number of nitriles is 1. The van der Waals surface area contributed by atoms with Crippen molar-refractivity contribution >= 4 is 10.0 Å². The van der Waals surface area contributed by atoms with Gasteiger partial charge < -0.3 is 5.73 Å². The topological polar surface area (TPSA) is 87.2 Å². The van der Waals surface area contributed by atoms with E-state index in [1.165, 1.54) is 4.31 Å². The van der Waals surface area contributed by atoms with E-state index in [0.717, 1.165) is 0 Å². The van der Waals surface area contributed by atoms with Crippen molar-refractivity contribution in [2.45, 2.75) is 13.0 Å². The fourth-order valence-corrected chi connectivity index (χ4v) is 2.55. The van der Waals surface area contributed by atoms with Crippen molar-refractivity contribution < 1.29 is 8.42 Å². The molecule has 1 saturated heterocycles. The molecule has 0 aromatic carbocycles. The Labute approximate surface area is 78.2 Å². The molecule has 0 aliphatic carbocycles. The summed E-state index contributed by atoms with van der Waals surface area (Å²) in [6.07, 6.45) is 0. The summed E-state index contributed by atoms with van der Waals surface area (Å²) in [6, 6.07) is 1.54. The van der Waals surface area contributed by atoms with E-state index in [4.69, 9.17) is 11.0 Å². The number of nitrogens with zero attached hydrogens (tertiary/aromatic N) is 2. The zero-order chi connectivity index (χ0) is 10.1. The Kier molecular flexibility index (Phi) is 2.91. The van der Waals surface area contributed by atoms with Gasteiger partial charge in [0.1, 0.15) is 0 Å². The number of rotatable bonds is 2. The smallest absolute Gasteiger partial charge is 0.227 e. The van der Waals surface area contributed by atoms with Crippen molar-refractivity contribution in [2.75, 3.05) is 18.8 Å². The molecule has 1 aliphatic rings. The summed E-state index contributed by atoms with van der Waals surface area (Å²) in [7, 11) is -3.38. The van der Waals surface area contributed by atoms with Gasteiger partial charge in [0.05, 0.1) is 6.07 Å². The van der Waals surface area contributed by atoms with Gasteiger partial charge in [-0.3, -0.25) is 0 Å². The molecule has 2 N–H and O–H groups in total. The number of hydrogen-bond donors (Lipinski definition) is 1. The van der Waals surface area contributed by atoms with Crippen molar-refractivity contribution in [1.29, 1.82) is 5.26 Å². The maximum atomic E-state index is 11.4. The standard InChI is InChI=1S/C7H13N3O2S/c1-6-4-10(5-7(6)9)13(11,12)3-2-8/h6-7H,3-5,9H2,1H3. The van der Waals surface area contributed by atoms with Crippen molar-refractivity contribution in [3.05, 3.63) is 0 Å². The minimum absolute atomic E-state index is 0.103. The lowest BCUT2D eigenvalue weighted by atomic mass is 10.1. The van der Waals surface area contributed by atoms with Gasteiger partial charge in [-0.05, 0) is 5.92 Å². The Bertz CT molecular complexity index is 309. The average Bonchev–Trinajstić information content (AvgIpc) is 2.33. The van der Waals surface area contributed by atoms with E-state index < -0.39 is 15.8 Å². The van der Waals surface area contributed by atoms with E-state index in [1.54, 1.807) is 6.07 Å². The predicted molar refractivity (Wildman–Crippen MR) is 48.1 cm³/mol. The van der Waals surface area contributed by atoms with Crippen LogP contribution in [0.25, 0.3) is 0 Å². The summed E-state index contributed by atoms with van der Waals surface area (Å²) < 4.78 is 24.0. The highest BCUT2D eigenvalue weighted by molar-refractivity contribution is 7.89. The lowest BCUT2D eigenvalue weighted by Gasteiger charge is -2.12. The van der Waals surface area contributed by atoms with Crippen LogP contribution in [-0.4, -0.2) is 37.6 Å². The van der Waals surface area contributed by atoms with Crippen molar-refractivity contribution in [2.24, 2.45) is 11.7 Å². The van der Waals surface area contributed by atoms with Gasteiger partial charge in [-0.25, -0.2) is 8.42 Å². The minimum atomic E-state index is -3.38. The molecule has 0 aromatic heterocycles. The van der Waals surface area contributed by atoms with Gasteiger partial charge in [0.25, 0.3) is 0 Å². The summed E-state index contributed by atoms with van der Waals surface area (Å²) in [6.45, 7) is 2.68. The molecule has 2 unspecified atom stereocenters. The van der Waals surface area contributed by atoms with E-state index >= 15 is 0 Å². The first-order chi connectivity index (χ1) is 5.97. The van der Waals surface area contributed by atoms with Gasteiger partial charge in [-0.1, -0.05) is 6.92 Å². The molecule has 0 radical (unpaired) electrons. The first-order valence-corrected chi connectivity index (χ1v) is 5.68. The summed E-state index contributed by atoms with van der Waals surface area (Å²) >= 11 is 0. The summed E-state index contributed by atoms with van der Waals surface area (Å²) in [5, 5.41) is 8.31. The molecule has 6 heteroatoms. The average molecular weight is 203 g/mol. The summed E-state index contributed by atoms with van der Waals surface area (Å²) in [5.41, 5.74) is 5.67. The van der Waals surface area contributed by atoms with E-state index in [0.29, 0.717) is 13.1 Å². The Morgan fingerprint density at radius 3 is 2.62 bits per heavy atom. The van der Waals surface area contributed by atoms with Crippen molar-refractivity contribution in [1.82, 2.24) is 4.31 Å². The number of hydrogen-bond acceptors (Lipinski definition) is 4. The van der Waals surface area contributed by atoms with Crippen LogP contribution in [0.5, 0.6) is 0 Å². The summed E-state index contributed by atoms with van der Waals surface area (Å²) in [4.78, 5) is 0. The second-order valence-corrected chi connectivity index (χ2v) is 5.34. The number of nitrogens with two attached hydrogens (primary N) is 1.